The van der Waals surface area contributed by atoms with Gasteiger partial charge in [-0.05, 0) is 23.8 Å². The highest BCUT2D eigenvalue weighted by molar-refractivity contribution is 6.31. The maximum atomic E-state index is 13.5. The molecule has 0 fully saturated rings. The van der Waals surface area contributed by atoms with Crippen LogP contribution in [0, 0.1) is 17.5 Å². The normalized spacial score (nSPS) is 12.5. The number of halogens is 5. The Labute approximate surface area is 112 Å². The zero-order valence-electron chi connectivity index (χ0n) is 8.93. The molecule has 0 spiro atoms. The van der Waals surface area contributed by atoms with E-state index in [0.717, 1.165) is 18.2 Å². The number of hydrogen-bond acceptors (Lipinski definition) is 0. The molecule has 0 bridgehead atoms. The molecule has 0 saturated carbocycles. The second-order valence-electron chi connectivity index (χ2n) is 3.70. The van der Waals surface area contributed by atoms with E-state index in [0.29, 0.717) is 5.56 Å². The lowest BCUT2D eigenvalue weighted by atomic mass is 10.0. The summed E-state index contributed by atoms with van der Waals surface area (Å²) in [5.74, 6) is -2.02. The van der Waals surface area contributed by atoms with Crippen LogP contribution in [0.25, 0.3) is 0 Å². The molecule has 2 rings (SSSR count). The fourth-order valence-corrected chi connectivity index (χ4v) is 2.06. The first-order valence-corrected chi connectivity index (χ1v) is 5.84. The molecule has 0 aliphatic rings. The van der Waals surface area contributed by atoms with Gasteiger partial charge in [-0.3, -0.25) is 0 Å². The lowest BCUT2D eigenvalue weighted by Gasteiger charge is -2.12. The Balaban J connectivity index is 2.41. The minimum Gasteiger partial charge on any atom is -0.207 e. The van der Waals surface area contributed by atoms with Crippen LogP contribution < -0.4 is 0 Å². The second kappa shape index (κ2) is 5.21. The van der Waals surface area contributed by atoms with Crippen LogP contribution in [0.2, 0.25) is 5.02 Å². The molecule has 0 saturated heterocycles. The van der Waals surface area contributed by atoms with Gasteiger partial charge in [0.15, 0.2) is 0 Å². The predicted molar refractivity (Wildman–Crippen MR) is 65.5 cm³/mol. The van der Waals surface area contributed by atoms with Crippen molar-refractivity contribution in [3.63, 3.8) is 0 Å². The van der Waals surface area contributed by atoms with Crippen LogP contribution in [-0.4, -0.2) is 0 Å². The highest BCUT2D eigenvalue weighted by Gasteiger charge is 2.17. The molecule has 0 nitrogen and oxygen atoms in total. The molecule has 1 unspecified atom stereocenters. The van der Waals surface area contributed by atoms with Crippen LogP contribution in [0.15, 0.2) is 36.4 Å². The van der Waals surface area contributed by atoms with E-state index in [4.69, 9.17) is 23.2 Å². The molecule has 0 radical (unpaired) electrons. The fraction of sp³-hybridized carbons (Fsp3) is 0.0769. The van der Waals surface area contributed by atoms with Crippen LogP contribution in [0.5, 0.6) is 0 Å². The van der Waals surface area contributed by atoms with E-state index >= 15 is 0 Å². The van der Waals surface area contributed by atoms with Crippen molar-refractivity contribution < 1.29 is 13.2 Å². The molecule has 0 aliphatic heterocycles. The summed E-state index contributed by atoms with van der Waals surface area (Å²) in [5, 5.41) is -0.954. The van der Waals surface area contributed by atoms with E-state index in [1.807, 2.05) is 0 Å². The molecule has 2 aromatic rings. The third-order valence-electron chi connectivity index (χ3n) is 2.47. The van der Waals surface area contributed by atoms with E-state index in [1.54, 1.807) is 0 Å². The van der Waals surface area contributed by atoms with Gasteiger partial charge in [-0.25, -0.2) is 13.2 Å². The van der Waals surface area contributed by atoms with E-state index in [2.05, 4.69) is 0 Å². The summed E-state index contributed by atoms with van der Waals surface area (Å²) in [4.78, 5) is 0. The maximum Gasteiger partial charge on any atom is 0.141 e. The Bertz CT molecular complexity index is 584. The van der Waals surface area contributed by atoms with E-state index in [-0.39, 0.29) is 10.6 Å². The van der Waals surface area contributed by atoms with Crippen LogP contribution in [-0.2, 0) is 0 Å². The average molecular weight is 291 g/mol. The molecule has 0 amide bonds. The molecular formula is C13H7Cl2F3. The van der Waals surface area contributed by atoms with Crippen LogP contribution >= 0.6 is 23.2 Å². The maximum absolute atomic E-state index is 13.5. The molecule has 1 atom stereocenters. The highest BCUT2D eigenvalue weighted by Crippen LogP contribution is 2.32. The Morgan fingerprint density at radius 3 is 2.22 bits per heavy atom. The standard InChI is InChI=1S/C13H7Cl2F3/c14-10-5-7(1-4-11(10)17)13(15)9-3-2-8(16)6-12(9)18/h1-6,13H. The molecular weight excluding hydrogens is 284 g/mol. The largest absolute Gasteiger partial charge is 0.207 e. The lowest BCUT2D eigenvalue weighted by Crippen LogP contribution is -1.98. The first-order chi connectivity index (χ1) is 8.49. The zero-order chi connectivity index (χ0) is 13.3. The van der Waals surface area contributed by atoms with Gasteiger partial charge in [-0.2, -0.15) is 0 Å². The number of alkyl halides is 1. The number of hydrogen-bond donors (Lipinski definition) is 0. The Morgan fingerprint density at radius 1 is 0.889 bits per heavy atom. The van der Waals surface area contributed by atoms with Gasteiger partial charge < -0.3 is 0 Å². The summed E-state index contributed by atoms with van der Waals surface area (Å²) in [7, 11) is 0. The van der Waals surface area contributed by atoms with Gasteiger partial charge in [-0.1, -0.05) is 23.7 Å². The fourth-order valence-electron chi connectivity index (χ4n) is 1.56. The quantitative estimate of drug-likeness (QED) is 0.676. The molecule has 0 aliphatic carbocycles. The second-order valence-corrected chi connectivity index (χ2v) is 4.55. The van der Waals surface area contributed by atoms with Crippen LogP contribution in [0.1, 0.15) is 16.5 Å². The SMILES string of the molecule is Fc1ccc(C(Cl)c2ccc(F)c(Cl)c2)c(F)c1. The summed E-state index contributed by atoms with van der Waals surface area (Å²) in [6, 6.07) is 6.97. The van der Waals surface area contributed by atoms with Crippen molar-refractivity contribution in [1.29, 1.82) is 0 Å². The first kappa shape index (κ1) is 13.2. The van der Waals surface area contributed by atoms with Gasteiger partial charge in [0.1, 0.15) is 17.5 Å². The van der Waals surface area contributed by atoms with Gasteiger partial charge in [0, 0.05) is 11.6 Å². The summed E-state index contributed by atoms with van der Waals surface area (Å²) in [6.45, 7) is 0. The molecule has 0 heterocycles. The van der Waals surface area contributed by atoms with Crippen LogP contribution in [0.3, 0.4) is 0 Å². The van der Waals surface area contributed by atoms with Crippen LogP contribution in [0.4, 0.5) is 13.2 Å². The van der Waals surface area contributed by atoms with E-state index in [9.17, 15) is 13.2 Å². The molecule has 5 heteroatoms. The summed E-state index contributed by atoms with van der Waals surface area (Å²) >= 11 is 11.7. The Morgan fingerprint density at radius 2 is 1.61 bits per heavy atom. The highest BCUT2D eigenvalue weighted by atomic mass is 35.5. The minimum absolute atomic E-state index is 0.0966. The molecule has 0 N–H and O–H groups in total. The third-order valence-corrected chi connectivity index (χ3v) is 3.25. The van der Waals surface area contributed by atoms with Gasteiger partial charge in [0.25, 0.3) is 0 Å². The van der Waals surface area contributed by atoms with Crippen molar-refractivity contribution in [2.45, 2.75) is 5.38 Å². The van der Waals surface area contributed by atoms with Crippen molar-refractivity contribution in [3.05, 3.63) is 70.0 Å². The monoisotopic (exact) mass is 290 g/mol. The summed E-state index contributed by atoms with van der Waals surface area (Å²) in [6.07, 6.45) is 0. The zero-order valence-corrected chi connectivity index (χ0v) is 10.4. The van der Waals surface area contributed by atoms with Crippen molar-refractivity contribution in [3.8, 4) is 0 Å². The van der Waals surface area contributed by atoms with Crippen molar-refractivity contribution in [2.24, 2.45) is 0 Å². The van der Waals surface area contributed by atoms with Crippen molar-refractivity contribution >= 4 is 23.2 Å². The molecule has 18 heavy (non-hydrogen) atoms. The predicted octanol–water partition coefficient (Wildman–Crippen LogP) is 5.09. The van der Waals surface area contributed by atoms with E-state index < -0.39 is 22.8 Å². The van der Waals surface area contributed by atoms with Crippen molar-refractivity contribution in [1.82, 2.24) is 0 Å². The molecule has 2 aromatic carbocycles. The Hall–Kier alpha value is -1.19. The van der Waals surface area contributed by atoms with Gasteiger partial charge in [0.2, 0.25) is 0 Å². The number of rotatable bonds is 2. The van der Waals surface area contributed by atoms with Gasteiger partial charge in [0.05, 0.1) is 10.4 Å². The smallest absolute Gasteiger partial charge is 0.141 e. The summed E-state index contributed by atoms with van der Waals surface area (Å²) < 4.78 is 39.3. The lowest BCUT2D eigenvalue weighted by molar-refractivity contribution is 0.573. The minimum atomic E-state index is -0.858. The Kier molecular flexibility index (Phi) is 3.83. The number of benzene rings is 2. The molecule has 0 aromatic heterocycles. The summed E-state index contributed by atoms with van der Waals surface area (Å²) in [5.41, 5.74) is 0.550. The third kappa shape index (κ3) is 2.62. The van der Waals surface area contributed by atoms with Crippen molar-refractivity contribution in [2.75, 3.05) is 0 Å². The average Bonchev–Trinajstić information content (AvgIpc) is 2.32. The van der Waals surface area contributed by atoms with Gasteiger partial charge in [-0.15, -0.1) is 11.6 Å². The van der Waals surface area contributed by atoms with E-state index in [1.165, 1.54) is 18.2 Å². The first-order valence-electron chi connectivity index (χ1n) is 5.03. The van der Waals surface area contributed by atoms with Gasteiger partial charge >= 0.3 is 0 Å². The molecule has 94 valence electrons. The topological polar surface area (TPSA) is 0 Å².